The molecule has 1 atom stereocenters. The molecule has 1 aliphatic heterocycles. The number of thioether (sulfide) groups is 1. The Hall–Kier alpha value is -2.97. The summed E-state index contributed by atoms with van der Waals surface area (Å²) in [6.07, 6.45) is 4.74. The Bertz CT molecular complexity index is 1300. The van der Waals surface area contributed by atoms with Gasteiger partial charge in [-0.3, -0.25) is 9.78 Å². The van der Waals surface area contributed by atoms with Crippen molar-refractivity contribution in [3.8, 4) is 16.9 Å². The summed E-state index contributed by atoms with van der Waals surface area (Å²) in [7, 11) is 0. The molecule has 162 valence electrons. The van der Waals surface area contributed by atoms with Gasteiger partial charge in [0.05, 0.1) is 5.52 Å². The van der Waals surface area contributed by atoms with Crippen LogP contribution in [0.5, 0.6) is 5.75 Å². The van der Waals surface area contributed by atoms with E-state index >= 15 is 0 Å². The number of H-pyrrole nitrogens is 1. The fourth-order valence-electron chi connectivity index (χ4n) is 3.53. The predicted octanol–water partition coefficient (Wildman–Crippen LogP) is 5.73. The lowest BCUT2D eigenvalue weighted by Crippen LogP contribution is -2.15. The Balaban J connectivity index is 1.43. The Morgan fingerprint density at radius 1 is 1.12 bits per heavy atom. The molecule has 3 heterocycles. The zero-order valence-corrected chi connectivity index (χ0v) is 18.6. The minimum atomic E-state index is -0.296. The molecule has 2 aromatic heterocycles. The summed E-state index contributed by atoms with van der Waals surface area (Å²) in [5.74, 6) is 2.67. The number of halogens is 1. The van der Waals surface area contributed by atoms with E-state index in [1.807, 2.05) is 36.0 Å². The van der Waals surface area contributed by atoms with Gasteiger partial charge in [-0.15, -0.1) is 0 Å². The topological polar surface area (TPSA) is 67.0 Å². The van der Waals surface area contributed by atoms with E-state index in [0.29, 0.717) is 5.69 Å². The lowest BCUT2D eigenvalue weighted by atomic mass is 10.0. The second-order valence-electron chi connectivity index (χ2n) is 7.43. The molecule has 0 amide bonds. The quantitative estimate of drug-likeness (QED) is 0.354. The number of aromatic amines is 1. The van der Waals surface area contributed by atoms with Gasteiger partial charge in [0.25, 0.3) is 5.56 Å². The molecule has 5 rings (SSSR count). The third-order valence-electron chi connectivity index (χ3n) is 5.21. The molecule has 2 aromatic carbocycles. The largest absolute Gasteiger partial charge is 0.489 e. The number of pyridine rings is 2. The van der Waals surface area contributed by atoms with Crippen molar-refractivity contribution in [2.75, 3.05) is 16.2 Å². The molecule has 0 radical (unpaired) electrons. The Morgan fingerprint density at radius 3 is 2.81 bits per heavy atom. The highest BCUT2D eigenvalue weighted by Crippen LogP contribution is 2.32. The van der Waals surface area contributed by atoms with Gasteiger partial charge in [-0.2, -0.15) is 11.8 Å². The van der Waals surface area contributed by atoms with E-state index < -0.39 is 0 Å². The van der Waals surface area contributed by atoms with E-state index in [2.05, 4.69) is 14.7 Å². The molecule has 0 saturated carbocycles. The summed E-state index contributed by atoms with van der Waals surface area (Å²) in [5.41, 5.74) is 2.87. The number of nitrogens with zero attached hydrogens (tertiary/aromatic N) is 1. The summed E-state index contributed by atoms with van der Waals surface area (Å²) < 4.78 is 22.4. The van der Waals surface area contributed by atoms with Crippen molar-refractivity contribution in [2.45, 2.75) is 17.4 Å². The normalized spacial score (nSPS) is 15.7. The summed E-state index contributed by atoms with van der Waals surface area (Å²) in [5, 5.41) is 0.947. The monoisotopic (exact) mass is 465 g/mol. The third-order valence-corrected chi connectivity index (χ3v) is 7.17. The number of aromatic nitrogens is 2. The molecule has 4 aromatic rings. The summed E-state index contributed by atoms with van der Waals surface area (Å²) in [6, 6.07) is 15.8. The molecule has 5 nitrogen and oxygen atoms in total. The minimum absolute atomic E-state index is 0.224. The number of hydrogen-bond acceptors (Lipinski definition) is 6. The van der Waals surface area contributed by atoms with Crippen molar-refractivity contribution in [3.05, 3.63) is 83.2 Å². The zero-order chi connectivity index (χ0) is 21.9. The minimum Gasteiger partial charge on any atom is -0.489 e. The molecular weight excluding hydrogens is 445 g/mol. The maximum absolute atomic E-state index is 13.1. The number of fused-ring (bicyclic) bond motifs is 1. The van der Waals surface area contributed by atoms with Crippen molar-refractivity contribution in [1.82, 2.24) is 9.97 Å². The van der Waals surface area contributed by atoms with Crippen LogP contribution in [-0.2, 0) is 0 Å². The second kappa shape index (κ2) is 9.26. The smallest absolute Gasteiger partial charge is 0.272 e. The van der Waals surface area contributed by atoms with Crippen molar-refractivity contribution >= 4 is 40.3 Å². The van der Waals surface area contributed by atoms with Gasteiger partial charge in [0, 0.05) is 34.0 Å². The van der Waals surface area contributed by atoms with Gasteiger partial charge >= 0.3 is 0 Å². The zero-order valence-electron chi connectivity index (χ0n) is 17.0. The van der Waals surface area contributed by atoms with Crippen LogP contribution in [0.25, 0.3) is 22.0 Å². The van der Waals surface area contributed by atoms with E-state index in [1.165, 1.54) is 24.1 Å². The van der Waals surface area contributed by atoms with Crippen molar-refractivity contribution in [1.29, 1.82) is 0 Å². The first-order valence-corrected chi connectivity index (χ1v) is 12.2. The average molecular weight is 466 g/mol. The molecule has 2 N–H and O–H groups in total. The van der Waals surface area contributed by atoms with E-state index in [9.17, 15) is 9.18 Å². The second-order valence-corrected chi connectivity index (χ2v) is 9.46. The van der Waals surface area contributed by atoms with Crippen LogP contribution in [0.4, 0.5) is 10.1 Å². The molecule has 32 heavy (non-hydrogen) atoms. The van der Waals surface area contributed by atoms with Crippen LogP contribution in [0.2, 0.25) is 0 Å². The summed E-state index contributed by atoms with van der Waals surface area (Å²) in [6.45, 7) is 0. The van der Waals surface area contributed by atoms with E-state index in [-0.39, 0.29) is 17.5 Å². The maximum atomic E-state index is 13.1. The maximum Gasteiger partial charge on any atom is 0.272 e. The fourth-order valence-corrected chi connectivity index (χ4v) is 5.28. The van der Waals surface area contributed by atoms with Gasteiger partial charge in [-0.1, -0.05) is 6.07 Å². The highest BCUT2D eigenvalue weighted by molar-refractivity contribution is 8.00. The van der Waals surface area contributed by atoms with Crippen LogP contribution in [0.1, 0.15) is 6.42 Å². The highest BCUT2D eigenvalue weighted by atomic mass is 32.2. The standard InChI is InChI=1S/C24H20FN3O2S2/c25-17-2-4-19(5-3-17)32-28-22-12-16(13-27-24(22)29)15-1-6-21-20(11-15)23(7-9-26-21)30-18-8-10-31-14-18/h1-7,9,11-13,18,28H,8,10,14H2,(H,27,29). The van der Waals surface area contributed by atoms with Crippen LogP contribution in [-0.4, -0.2) is 27.6 Å². The van der Waals surface area contributed by atoms with Crippen LogP contribution in [0.3, 0.4) is 0 Å². The predicted molar refractivity (Wildman–Crippen MR) is 130 cm³/mol. The van der Waals surface area contributed by atoms with Gasteiger partial charge in [0.15, 0.2) is 0 Å². The molecular formula is C24H20FN3O2S2. The third kappa shape index (κ3) is 4.61. The van der Waals surface area contributed by atoms with Crippen LogP contribution in [0, 0.1) is 5.82 Å². The average Bonchev–Trinajstić information content (AvgIpc) is 3.33. The Labute approximate surface area is 192 Å². The van der Waals surface area contributed by atoms with Gasteiger partial charge in [-0.05, 0) is 78.2 Å². The van der Waals surface area contributed by atoms with Gasteiger partial charge in [-0.25, -0.2) is 4.39 Å². The first-order valence-electron chi connectivity index (χ1n) is 10.2. The summed E-state index contributed by atoms with van der Waals surface area (Å²) >= 11 is 3.17. The van der Waals surface area contributed by atoms with Crippen molar-refractivity contribution in [3.63, 3.8) is 0 Å². The van der Waals surface area contributed by atoms with Crippen LogP contribution in [0.15, 0.2) is 76.7 Å². The molecule has 0 aliphatic carbocycles. The van der Waals surface area contributed by atoms with Gasteiger partial charge in [0.2, 0.25) is 0 Å². The van der Waals surface area contributed by atoms with Crippen LogP contribution < -0.4 is 15.0 Å². The lowest BCUT2D eigenvalue weighted by Gasteiger charge is -2.15. The van der Waals surface area contributed by atoms with E-state index in [0.717, 1.165) is 50.6 Å². The SMILES string of the molecule is O=c1[nH]cc(-c2ccc3nccc(OC4CCSC4)c3c2)cc1NSc1ccc(F)cc1. The first-order chi connectivity index (χ1) is 15.7. The number of ether oxygens (including phenoxy) is 1. The summed E-state index contributed by atoms with van der Waals surface area (Å²) in [4.78, 5) is 20.4. The number of anilines is 1. The lowest BCUT2D eigenvalue weighted by molar-refractivity contribution is 0.232. The molecule has 8 heteroatoms. The van der Waals surface area contributed by atoms with Crippen molar-refractivity contribution in [2.24, 2.45) is 0 Å². The molecule has 1 fully saturated rings. The number of rotatable bonds is 6. The molecule has 0 bridgehead atoms. The molecule has 1 aliphatic rings. The van der Waals surface area contributed by atoms with E-state index in [4.69, 9.17) is 4.74 Å². The Kier molecular flexibility index (Phi) is 6.05. The van der Waals surface area contributed by atoms with Crippen molar-refractivity contribution < 1.29 is 9.13 Å². The molecule has 1 unspecified atom stereocenters. The first kappa shape index (κ1) is 20.9. The van der Waals surface area contributed by atoms with E-state index in [1.54, 1.807) is 30.6 Å². The number of nitrogens with one attached hydrogen (secondary N) is 2. The van der Waals surface area contributed by atoms with Crippen LogP contribution >= 0.6 is 23.7 Å². The Morgan fingerprint density at radius 2 is 2.00 bits per heavy atom. The molecule has 1 saturated heterocycles. The van der Waals surface area contributed by atoms with Gasteiger partial charge in [0.1, 0.15) is 23.4 Å². The van der Waals surface area contributed by atoms with Gasteiger partial charge < -0.3 is 14.4 Å². The fraction of sp³-hybridized carbons (Fsp3) is 0.167. The highest BCUT2D eigenvalue weighted by Gasteiger charge is 2.18. The number of benzene rings is 2. The molecule has 0 spiro atoms. The number of hydrogen-bond donors (Lipinski definition) is 2.